The molecule has 5 nitrogen and oxygen atoms in total. The molecule has 1 fully saturated rings. The Hall–Kier alpha value is -1.88. The predicted octanol–water partition coefficient (Wildman–Crippen LogP) is 2.68. The lowest BCUT2D eigenvalue weighted by Crippen LogP contribution is -2.32. The molecule has 3 rings (SSSR count). The molecule has 1 unspecified atom stereocenters. The standard InChI is InChI=1S/C16H22N4O/c1-3-9-17-16-18-14-7-5-4-6-13(14)15(19-16)20(2)12-8-10-21-11-12/h4-7,12H,3,8-11H2,1-2H3,(H,17,18,19). The maximum Gasteiger partial charge on any atom is 0.225 e. The van der Waals surface area contributed by atoms with Gasteiger partial charge < -0.3 is 15.0 Å². The summed E-state index contributed by atoms with van der Waals surface area (Å²) >= 11 is 0. The van der Waals surface area contributed by atoms with Crippen LogP contribution >= 0.6 is 0 Å². The Morgan fingerprint density at radius 3 is 2.95 bits per heavy atom. The van der Waals surface area contributed by atoms with Gasteiger partial charge in [0.05, 0.1) is 18.2 Å². The second-order valence-electron chi connectivity index (χ2n) is 5.44. The zero-order valence-corrected chi connectivity index (χ0v) is 12.7. The summed E-state index contributed by atoms with van der Waals surface area (Å²) in [4.78, 5) is 11.6. The van der Waals surface area contributed by atoms with Gasteiger partial charge in [-0.25, -0.2) is 4.98 Å². The number of ether oxygens (including phenoxy) is 1. The smallest absolute Gasteiger partial charge is 0.225 e. The number of anilines is 2. The maximum absolute atomic E-state index is 5.51. The molecule has 5 heteroatoms. The Balaban J connectivity index is 2.01. The van der Waals surface area contributed by atoms with E-state index in [4.69, 9.17) is 9.72 Å². The first kappa shape index (κ1) is 14.1. The number of likely N-dealkylation sites (N-methyl/N-ethyl adjacent to an activating group) is 1. The van der Waals surface area contributed by atoms with Gasteiger partial charge in [-0.15, -0.1) is 0 Å². The summed E-state index contributed by atoms with van der Waals surface area (Å²) in [6.45, 7) is 4.62. The summed E-state index contributed by atoms with van der Waals surface area (Å²) in [5, 5.41) is 4.38. The van der Waals surface area contributed by atoms with Crippen molar-refractivity contribution in [3.8, 4) is 0 Å². The lowest BCUT2D eigenvalue weighted by atomic mass is 10.2. The van der Waals surface area contributed by atoms with Crippen LogP contribution in [0, 0.1) is 0 Å². The molecule has 0 bridgehead atoms. The number of nitrogens with zero attached hydrogens (tertiary/aromatic N) is 3. The van der Waals surface area contributed by atoms with E-state index in [0.717, 1.165) is 49.3 Å². The lowest BCUT2D eigenvalue weighted by molar-refractivity contribution is 0.193. The molecule has 2 heterocycles. The van der Waals surface area contributed by atoms with Gasteiger partial charge in [0.2, 0.25) is 5.95 Å². The highest BCUT2D eigenvalue weighted by Gasteiger charge is 2.23. The van der Waals surface area contributed by atoms with Crippen molar-refractivity contribution in [2.45, 2.75) is 25.8 Å². The average Bonchev–Trinajstić information content (AvgIpc) is 3.05. The van der Waals surface area contributed by atoms with Crippen molar-refractivity contribution < 1.29 is 4.74 Å². The number of hydrogen-bond acceptors (Lipinski definition) is 5. The van der Waals surface area contributed by atoms with E-state index >= 15 is 0 Å². The fourth-order valence-corrected chi connectivity index (χ4v) is 2.65. The van der Waals surface area contributed by atoms with Gasteiger partial charge in [-0.05, 0) is 25.0 Å². The van der Waals surface area contributed by atoms with E-state index < -0.39 is 0 Å². The Morgan fingerprint density at radius 2 is 2.19 bits per heavy atom. The Labute approximate surface area is 125 Å². The molecule has 21 heavy (non-hydrogen) atoms. The van der Waals surface area contributed by atoms with Gasteiger partial charge in [0.15, 0.2) is 0 Å². The zero-order chi connectivity index (χ0) is 14.7. The number of nitrogens with one attached hydrogen (secondary N) is 1. The Morgan fingerprint density at radius 1 is 1.33 bits per heavy atom. The van der Waals surface area contributed by atoms with Gasteiger partial charge >= 0.3 is 0 Å². The highest BCUT2D eigenvalue weighted by atomic mass is 16.5. The van der Waals surface area contributed by atoms with E-state index in [9.17, 15) is 0 Å². The zero-order valence-electron chi connectivity index (χ0n) is 12.7. The molecule has 1 atom stereocenters. The fraction of sp³-hybridized carbons (Fsp3) is 0.500. The van der Waals surface area contributed by atoms with Crippen LogP contribution in [0.4, 0.5) is 11.8 Å². The summed E-state index contributed by atoms with van der Waals surface area (Å²) in [7, 11) is 2.09. The number of hydrogen-bond donors (Lipinski definition) is 1. The molecule has 0 radical (unpaired) electrons. The van der Waals surface area contributed by atoms with Crippen LogP contribution in [0.3, 0.4) is 0 Å². The summed E-state index contributed by atoms with van der Waals surface area (Å²) in [6.07, 6.45) is 2.10. The highest BCUT2D eigenvalue weighted by molar-refractivity contribution is 5.90. The summed E-state index contributed by atoms with van der Waals surface area (Å²) in [6, 6.07) is 8.56. The minimum absolute atomic E-state index is 0.391. The van der Waals surface area contributed by atoms with Gasteiger partial charge in [0.25, 0.3) is 0 Å². The number of aromatic nitrogens is 2. The second kappa shape index (κ2) is 6.26. The fourth-order valence-electron chi connectivity index (χ4n) is 2.65. The molecule has 1 saturated heterocycles. The summed E-state index contributed by atoms with van der Waals surface area (Å²) < 4.78 is 5.51. The van der Waals surface area contributed by atoms with Crippen LogP contribution in [-0.2, 0) is 4.74 Å². The second-order valence-corrected chi connectivity index (χ2v) is 5.44. The maximum atomic E-state index is 5.51. The quantitative estimate of drug-likeness (QED) is 0.916. The van der Waals surface area contributed by atoms with E-state index in [0.29, 0.717) is 12.0 Å². The summed E-state index contributed by atoms with van der Waals surface area (Å²) in [5.41, 5.74) is 0.979. The first-order chi connectivity index (χ1) is 10.3. The normalized spacial score (nSPS) is 18.1. The van der Waals surface area contributed by atoms with Crippen LogP contribution in [0.15, 0.2) is 24.3 Å². The van der Waals surface area contributed by atoms with Gasteiger partial charge in [-0.2, -0.15) is 4.98 Å². The van der Waals surface area contributed by atoms with Crippen molar-refractivity contribution in [1.29, 1.82) is 0 Å². The van der Waals surface area contributed by atoms with Crippen molar-refractivity contribution in [3.05, 3.63) is 24.3 Å². The number of fused-ring (bicyclic) bond motifs is 1. The Bertz CT molecular complexity index is 610. The minimum Gasteiger partial charge on any atom is -0.379 e. The molecular weight excluding hydrogens is 264 g/mol. The molecule has 1 aliphatic rings. The van der Waals surface area contributed by atoms with Crippen molar-refractivity contribution >= 4 is 22.7 Å². The van der Waals surface area contributed by atoms with Gasteiger partial charge in [0, 0.05) is 25.6 Å². The molecule has 0 amide bonds. The third kappa shape index (κ3) is 2.93. The first-order valence-electron chi connectivity index (χ1n) is 7.61. The molecule has 1 aliphatic heterocycles. The van der Waals surface area contributed by atoms with Crippen LogP contribution in [0.5, 0.6) is 0 Å². The van der Waals surface area contributed by atoms with Crippen molar-refractivity contribution in [1.82, 2.24) is 9.97 Å². The number of benzene rings is 1. The minimum atomic E-state index is 0.391. The molecule has 1 aromatic heterocycles. The first-order valence-corrected chi connectivity index (χ1v) is 7.61. The average molecular weight is 286 g/mol. The van der Waals surface area contributed by atoms with E-state index in [1.165, 1.54) is 0 Å². The van der Waals surface area contributed by atoms with Crippen LogP contribution in [-0.4, -0.2) is 42.8 Å². The van der Waals surface area contributed by atoms with Gasteiger partial charge in [0.1, 0.15) is 5.82 Å². The molecule has 0 spiro atoms. The molecule has 112 valence electrons. The van der Waals surface area contributed by atoms with Crippen molar-refractivity contribution in [2.75, 3.05) is 37.0 Å². The van der Waals surface area contributed by atoms with Gasteiger partial charge in [-0.3, -0.25) is 0 Å². The van der Waals surface area contributed by atoms with Crippen LogP contribution in [0.1, 0.15) is 19.8 Å². The monoisotopic (exact) mass is 286 g/mol. The largest absolute Gasteiger partial charge is 0.379 e. The molecule has 0 aliphatic carbocycles. The van der Waals surface area contributed by atoms with Crippen LogP contribution in [0.2, 0.25) is 0 Å². The van der Waals surface area contributed by atoms with Crippen molar-refractivity contribution in [3.63, 3.8) is 0 Å². The topological polar surface area (TPSA) is 50.3 Å². The van der Waals surface area contributed by atoms with Crippen LogP contribution in [0.25, 0.3) is 10.9 Å². The van der Waals surface area contributed by atoms with Crippen LogP contribution < -0.4 is 10.2 Å². The SMILES string of the molecule is CCCNc1nc(N(C)C2CCOC2)c2ccccc2n1. The van der Waals surface area contributed by atoms with E-state index in [1.54, 1.807) is 0 Å². The molecule has 2 aromatic rings. The Kier molecular flexibility index (Phi) is 4.20. The van der Waals surface area contributed by atoms with E-state index in [-0.39, 0.29) is 0 Å². The van der Waals surface area contributed by atoms with Crippen molar-refractivity contribution in [2.24, 2.45) is 0 Å². The predicted molar refractivity (Wildman–Crippen MR) is 85.9 cm³/mol. The van der Waals surface area contributed by atoms with E-state index in [1.807, 2.05) is 18.2 Å². The molecular formula is C16H22N4O. The molecule has 1 aromatic carbocycles. The number of rotatable bonds is 5. The third-order valence-corrected chi connectivity index (χ3v) is 3.90. The molecule has 1 N–H and O–H groups in total. The van der Waals surface area contributed by atoms with Gasteiger partial charge in [-0.1, -0.05) is 19.1 Å². The number of para-hydroxylation sites is 1. The molecule has 0 saturated carbocycles. The highest BCUT2D eigenvalue weighted by Crippen LogP contribution is 2.27. The van der Waals surface area contributed by atoms with E-state index in [2.05, 4.69) is 35.2 Å². The summed E-state index contributed by atoms with van der Waals surface area (Å²) in [5.74, 6) is 1.69. The third-order valence-electron chi connectivity index (χ3n) is 3.90. The lowest BCUT2D eigenvalue weighted by Gasteiger charge is -2.25.